The summed E-state index contributed by atoms with van der Waals surface area (Å²) in [5, 5.41) is 9.41. The molecule has 1 aromatic heterocycles. The lowest BCUT2D eigenvalue weighted by Gasteiger charge is -2.10. The van der Waals surface area contributed by atoms with Crippen molar-refractivity contribution in [2.45, 2.75) is 0 Å². The third-order valence-corrected chi connectivity index (χ3v) is 3.76. The van der Waals surface area contributed by atoms with E-state index >= 15 is 0 Å². The van der Waals surface area contributed by atoms with E-state index in [0.29, 0.717) is 0 Å². The SMILES string of the molecule is Cn1cc(-c2c3ccccc3cc3ccccc23)cn1. The number of benzene rings is 3. The number of nitrogens with zero attached hydrogens (tertiary/aromatic N) is 2. The second kappa shape index (κ2) is 4.20. The smallest absolute Gasteiger partial charge is 0.0568 e. The average Bonchev–Trinajstić information content (AvgIpc) is 2.91. The van der Waals surface area contributed by atoms with Crippen molar-refractivity contribution in [2.24, 2.45) is 7.05 Å². The molecule has 0 spiro atoms. The highest BCUT2D eigenvalue weighted by Gasteiger charge is 2.10. The molecule has 0 fully saturated rings. The maximum atomic E-state index is 4.32. The minimum absolute atomic E-state index is 1.17. The van der Waals surface area contributed by atoms with E-state index in [4.69, 9.17) is 0 Å². The summed E-state index contributed by atoms with van der Waals surface area (Å²) in [7, 11) is 1.96. The summed E-state index contributed by atoms with van der Waals surface area (Å²) in [6.45, 7) is 0. The first kappa shape index (κ1) is 11.2. The summed E-state index contributed by atoms with van der Waals surface area (Å²) in [5.74, 6) is 0. The van der Waals surface area contributed by atoms with Crippen LogP contribution in [0.2, 0.25) is 0 Å². The molecule has 0 saturated carbocycles. The average molecular weight is 258 g/mol. The molecule has 3 aromatic carbocycles. The van der Waals surface area contributed by atoms with Crippen LogP contribution in [0.25, 0.3) is 32.7 Å². The minimum atomic E-state index is 1.17. The summed E-state index contributed by atoms with van der Waals surface area (Å²) >= 11 is 0. The molecule has 1 heterocycles. The fourth-order valence-electron chi connectivity index (χ4n) is 2.88. The summed E-state index contributed by atoms with van der Waals surface area (Å²) in [6, 6.07) is 19.3. The Morgan fingerprint density at radius 1 is 0.850 bits per heavy atom. The fourth-order valence-corrected chi connectivity index (χ4v) is 2.88. The Balaban J connectivity index is 2.23. The Morgan fingerprint density at radius 3 is 2.00 bits per heavy atom. The quantitative estimate of drug-likeness (QED) is 0.463. The lowest BCUT2D eigenvalue weighted by atomic mass is 9.94. The molecule has 4 rings (SSSR count). The van der Waals surface area contributed by atoms with Crippen LogP contribution in [0, 0.1) is 0 Å². The first-order chi connectivity index (χ1) is 9.83. The normalized spacial score (nSPS) is 11.2. The molecule has 0 amide bonds. The van der Waals surface area contributed by atoms with Gasteiger partial charge < -0.3 is 0 Å². The number of rotatable bonds is 1. The molecule has 0 N–H and O–H groups in total. The zero-order valence-electron chi connectivity index (χ0n) is 11.2. The van der Waals surface area contributed by atoms with Gasteiger partial charge in [-0.15, -0.1) is 0 Å². The summed E-state index contributed by atoms with van der Waals surface area (Å²) in [6.07, 6.45) is 4.02. The van der Waals surface area contributed by atoms with E-state index in [1.807, 2.05) is 17.9 Å². The van der Waals surface area contributed by atoms with Crippen molar-refractivity contribution >= 4 is 21.5 Å². The van der Waals surface area contributed by atoms with Crippen molar-refractivity contribution in [1.82, 2.24) is 9.78 Å². The number of aryl methyl sites for hydroxylation is 1. The van der Waals surface area contributed by atoms with Crippen LogP contribution in [0.15, 0.2) is 67.0 Å². The van der Waals surface area contributed by atoms with Crippen LogP contribution in [-0.2, 0) is 7.05 Å². The van der Waals surface area contributed by atoms with Crippen LogP contribution >= 0.6 is 0 Å². The lowest BCUT2D eigenvalue weighted by Crippen LogP contribution is -1.85. The number of hydrogen-bond donors (Lipinski definition) is 0. The van der Waals surface area contributed by atoms with Gasteiger partial charge in [0.05, 0.1) is 6.20 Å². The van der Waals surface area contributed by atoms with Gasteiger partial charge in [0.1, 0.15) is 0 Å². The molecule has 2 nitrogen and oxygen atoms in total. The van der Waals surface area contributed by atoms with Gasteiger partial charge in [0.15, 0.2) is 0 Å². The zero-order valence-corrected chi connectivity index (χ0v) is 11.2. The van der Waals surface area contributed by atoms with Crippen LogP contribution in [0.1, 0.15) is 0 Å². The molecule has 0 bridgehead atoms. The molecular weight excluding hydrogens is 244 g/mol. The summed E-state index contributed by atoms with van der Waals surface area (Å²) in [4.78, 5) is 0. The second-order valence-electron chi connectivity index (χ2n) is 5.10. The number of hydrogen-bond acceptors (Lipinski definition) is 1. The predicted molar refractivity (Wildman–Crippen MR) is 83.7 cm³/mol. The largest absolute Gasteiger partial charge is 0.275 e. The molecule has 0 aliphatic rings. The zero-order chi connectivity index (χ0) is 13.5. The molecule has 0 aliphatic heterocycles. The van der Waals surface area contributed by atoms with Gasteiger partial charge in [-0.2, -0.15) is 5.10 Å². The Bertz CT molecular complexity index is 865. The van der Waals surface area contributed by atoms with Crippen LogP contribution < -0.4 is 0 Å². The van der Waals surface area contributed by atoms with Crippen molar-refractivity contribution in [1.29, 1.82) is 0 Å². The van der Waals surface area contributed by atoms with Gasteiger partial charge in [0, 0.05) is 24.4 Å². The monoisotopic (exact) mass is 258 g/mol. The third-order valence-electron chi connectivity index (χ3n) is 3.76. The summed E-state index contributed by atoms with van der Waals surface area (Å²) in [5.41, 5.74) is 2.44. The van der Waals surface area contributed by atoms with Crippen molar-refractivity contribution in [3.63, 3.8) is 0 Å². The van der Waals surface area contributed by atoms with Gasteiger partial charge >= 0.3 is 0 Å². The van der Waals surface area contributed by atoms with Gasteiger partial charge in [-0.1, -0.05) is 48.5 Å². The van der Waals surface area contributed by atoms with E-state index in [2.05, 4.69) is 65.9 Å². The van der Waals surface area contributed by atoms with Gasteiger partial charge in [0.2, 0.25) is 0 Å². The van der Waals surface area contributed by atoms with E-state index in [-0.39, 0.29) is 0 Å². The Morgan fingerprint density at radius 2 is 1.45 bits per heavy atom. The van der Waals surface area contributed by atoms with Gasteiger partial charge in [-0.3, -0.25) is 4.68 Å². The first-order valence-corrected chi connectivity index (χ1v) is 6.72. The third kappa shape index (κ3) is 1.62. The minimum Gasteiger partial charge on any atom is -0.275 e. The molecule has 20 heavy (non-hydrogen) atoms. The van der Waals surface area contributed by atoms with E-state index < -0.39 is 0 Å². The van der Waals surface area contributed by atoms with E-state index in [1.165, 1.54) is 32.7 Å². The van der Waals surface area contributed by atoms with E-state index in [1.54, 1.807) is 0 Å². The molecular formula is C18H14N2. The maximum absolute atomic E-state index is 4.32. The Labute approximate surface area is 117 Å². The van der Waals surface area contributed by atoms with Crippen molar-refractivity contribution in [2.75, 3.05) is 0 Å². The standard InChI is InChI=1S/C18H14N2/c1-20-12-15(11-19-20)18-16-8-4-2-6-13(16)10-14-7-3-5-9-17(14)18/h2-12H,1H3. The molecule has 4 aromatic rings. The molecule has 96 valence electrons. The second-order valence-corrected chi connectivity index (χ2v) is 5.10. The topological polar surface area (TPSA) is 17.8 Å². The van der Waals surface area contributed by atoms with Crippen molar-refractivity contribution in [3.8, 4) is 11.1 Å². The number of aromatic nitrogens is 2. The first-order valence-electron chi connectivity index (χ1n) is 6.72. The maximum Gasteiger partial charge on any atom is 0.0568 e. The predicted octanol–water partition coefficient (Wildman–Crippen LogP) is 4.39. The molecule has 2 heteroatoms. The highest BCUT2D eigenvalue weighted by Crippen LogP contribution is 2.35. The summed E-state index contributed by atoms with van der Waals surface area (Å²) < 4.78 is 1.85. The fraction of sp³-hybridized carbons (Fsp3) is 0.0556. The van der Waals surface area contributed by atoms with Crippen LogP contribution in [0.5, 0.6) is 0 Å². The number of fused-ring (bicyclic) bond motifs is 2. The van der Waals surface area contributed by atoms with E-state index in [0.717, 1.165) is 0 Å². The van der Waals surface area contributed by atoms with Gasteiger partial charge in [-0.25, -0.2) is 0 Å². The molecule has 0 unspecified atom stereocenters. The Kier molecular flexibility index (Phi) is 2.36. The molecule has 0 saturated heterocycles. The van der Waals surface area contributed by atoms with Crippen molar-refractivity contribution in [3.05, 3.63) is 67.0 Å². The van der Waals surface area contributed by atoms with Gasteiger partial charge in [-0.05, 0) is 27.6 Å². The Hall–Kier alpha value is -2.61. The van der Waals surface area contributed by atoms with Gasteiger partial charge in [0.25, 0.3) is 0 Å². The van der Waals surface area contributed by atoms with E-state index in [9.17, 15) is 0 Å². The molecule has 0 aliphatic carbocycles. The highest BCUT2D eigenvalue weighted by atomic mass is 15.2. The van der Waals surface area contributed by atoms with Crippen LogP contribution in [0.3, 0.4) is 0 Å². The van der Waals surface area contributed by atoms with Crippen LogP contribution in [0.4, 0.5) is 0 Å². The lowest BCUT2D eigenvalue weighted by molar-refractivity contribution is 0.768. The van der Waals surface area contributed by atoms with Crippen LogP contribution in [-0.4, -0.2) is 9.78 Å². The molecule has 0 atom stereocenters. The highest BCUT2D eigenvalue weighted by molar-refractivity contribution is 6.12. The van der Waals surface area contributed by atoms with Crippen molar-refractivity contribution < 1.29 is 0 Å². The molecule has 0 radical (unpaired) electrons.